The number of hydrogen-bond donors (Lipinski definition) is 0. The van der Waals surface area contributed by atoms with E-state index in [1.54, 1.807) is 6.08 Å². The molecule has 23 heavy (non-hydrogen) atoms. The molecule has 1 saturated heterocycles. The second-order valence-corrected chi connectivity index (χ2v) is 11.1. The smallest absolute Gasteiger partial charge is 0.134 e. The first-order valence-electron chi connectivity index (χ1n) is 8.21. The number of Topliss-reactive ketones (excluding diaryl/α,β-unsaturated/α-hetero) is 1. The second-order valence-electron chi connectivity index (χ2n) is 7.48. The summed E-state index contributed by atoms with van der Waals surface area (Å²) in [6.45, 7) is 21.1. The van der Waals surface area contributed by atoms with E-state index in [1.165, 1.54) is 10.9 Å². The Kier molecular flexibility index (Phi) is 6.54. The summed E-state index contributed by atoms with van der Waals surface area (Å²) in [6, 6.07) is 0. The lowest BCUT2D eigenvalue weighted by atomic mass is 9.96. The number of ketones is 1. The average Bonchev–Trinajstić information content (AvgIpc) is 2.40. The van der Waals surface area contributed by atoms with E-state index in [0.29, 0.717) is 18.6 Å². The summed E-state index contributed by atoms with van der Waals surface area (Å²) in [6.07, 6.45) is 11.4. The highest BCUT2D eigenvalue weighted by atomic mass is 31.1. The van der Waals surface area contributed by atoms with Crippen LogP contribution in [0.15, 0.2) is 60.0 Å². The van der Waals surface area contributed by atoms with Gasteiger partial charge in [0.1, 0.15) is 5.78 Å². The summed E-state index contributed by atoms with van der Waals surface area (Å²) in [7, 11) is -0.490. The van der Waals surface area contributed by atoms with Crippen LogP contribution in [-0.2, 0) is 4.79 Å². The summed E-state index contributed by atoms with van der Waals surface area (Å²) < 4.78 is 0. The third-order valence-corrected chi connectivity index (χ3v) is 8.04. The molecule has 0 radical (unpaired) electrons. The summed E-state index contributed by atoms with van der Waals surface area (Å²) >= 11 is 0. The fourth-order valence-electron chi connectivity index (χ4n) is 3.66. The van der Waals surface area contributed by atoms with Gasteiger partial charge in [-0.3, -0.25) is 4.79 Å². The van der Waals surface area contributed by atoms with Crippen molar-refractivity contribution in [3.05, 3.63) is 60.0 Å². The molecule has 1 aliphatic heterocycles. The normalized spacial score (nSPS) is 22.4. The molecule has 0 aromatic rings. The van der Waals surface area contributed by atoms with E-state index in [1.807, 2.05) is 12.2 Å². The van der Waals surface area contributed by atoms with E-state index in [0.717, 1.165) is 5.57 Å². The van der Waals surface area contributed by atoms with Crippen molar-refractivity contribution in [3.63, 3.8) is 0 Å². The molecular formula is C21H31OP. The quantitative estimate of drug-likeness (QED) is 0.413. The van der Waals surface area contributed by atoms with E-state index in [4.69, 9.17) is 0 Å². The molecule has 0 aromatic carbocycles. The number of carbonyl (C=O) groups is 1. The Hall–Kier alpha value is -1.20. The van der Waals surface area contributed by atoms with Gasteiger partial charge < -0.3 is 0 Å². The number of hydrogen-bond acceptors (Lipinski definition) is 1. The Morgan fingerprint density at radius 1 is 1.13 bits per heavy atom. The predicted octanol–water partition coefficient (Wildman–Crippen LogP) is 6.54. The fraction of sp³-hybridized carbons (Fsp3) is 0.476. The molecule has 2 heteroatoms. The topological polar surface area (TPSA) is 17.1 Å². The van der Waals surface area contributed by atoms with Crippen LogP contribution in [0, 0.1) is 0 Å². The fourth-order valence-corrected chi connectivity index (χ4v) is 8.05. The highest BCUT2D eigenvalue weighted by molar-refractivity contribution is 7.65. The maximum atomic E-state index is 12.2. The van der Waals surface area contributed by atoms with Gasteiger partial charge in [-0.05, 0) is 40.6 Å². The third kappa shape index (κ3) is 4.64. The number of rotatable bonds is 5. The first kappa shape index (κ1) is 19.8. The standard InChI is InChI=1S/C21H31OP/c1-9-11-13-16(3)17(4)19(12-10-2)23-20(5,6)14-18(22)15-21(23,7)8/h9-13H,1,3,14-15H2,2,4-8H3. The SMILES string of the molecule is C=CC=CC(=C)C(C)=C(C=CC)P1C(C)(C)CC(=O)CC1(C)C. The predicted molar refractivity (Wildman–Crippen MR) is 105 cm³/mol. The van der Waals surface area contributed by atoms with Crippen LogP contribution in [0.25, 0.3) is 0 Å². The molecule has 0 atom stereocenters. The van der Waals surface area contributed by atoms with Crippen LogP contribution < -0.4 is 0 Å². The molecule has 0 aromatic heterocycles. The summed E-state index contributed by atoms with van der Waals surface area (Å²) in [5.41, 5.74) is 2.24. The molecule has 1 fully saturated rings. The van der Waals surface area contributed by atoms with Crippen molar-refractivity contribution in [2.75, 3.05) is 0 Å². The summed E-state index contributed by atoms with van der Waals surface area (Å²) in [5.74, 6) is 0.390. The zero-order valence-electron chi connectivity index (χ0n) is 15.6. The molecule has 1 aliphatic rings. The minimum absolute atomic E-state index is 0.00665. The maximum Gasteiger partial charge on any atom is 0.134 e. The first-order valence-corrected chi connectivity index (χ1v) is 9.55. The van der Waals surface area contributed by atoms with Crippen molar-refractivity contribution in [1.82, 2.24) is 0 Å². The molecule has 0 N–H and O–H groups in total. The molecule has 1 rings (SSSR count). The van der Waals surface area contributed by atoms with Crippen LogP contribution in [0.3, 0.4) is 0 Å². The third-order valence-electron chi connectivity index (χ3n) is 4.34. The van der Waals surface area contributed by atoms with Gasteiger partial charge in [-0.15, -0.1) is 0 Å². The molecule has 0 aliphatic carbocycles. The molecule has 0 unspecified atom stereocenters. The minimum Gasteiger partial charge on any atom is -0.300 e. The van der Waals surface area contributed by atoms with E-state index >= 15 is 0 Å². The van der Waals surface area contributed by atoms with Crippen molar-refractivity contribution in [3.8, 4) is 0 Å². The highest BCUT2D eigenvalue weighted by Gasteiger charge is 2.48. The Morgan fingerprint density at radius 2 is 1.65 bits per heavy atom. The average molecular weight is 330 g/mol. The van der Waals surface area contributed by atoms with Gasteiger partial charge >= 0.3 is 0 Å². The van der Waals surface area contributed by atoms with Crippen molar-refractivity contribution in [2.24, 2.45) is 0 Å². The van der Waals surface area contributed by atoms with Gasteiger partial charge in [-0.25, -0.2) is 0 Å². The molecule has 0 saturated carbocycles. The molecule has 126 valence electrons. The molecular weight excluding hydrogens is 299 g/mol. The molecule has 1 heterocycles. The van der Waals surface area contributed by atoms with Gasteiger partial charge in [0.25, 0.3) is 0 Å². The monoisotopic (exact) mass is 330 g/mol. The van der Waals surface area contributed by atoms with Crippen LogP contribution >= 0.6 is 7.92 Å². The molecule has 0 bridgehead atoms. The van der Waals surface area contributed by atoms with E-state index in [2.05, 4.69) is 66.9 Å². The van der Waals surface area contributed by atoms with E-state index < -0.39 is 7.92 Å². The van der Waals surface area contributed by atoms with Gasteiger partial charge in [-0.2, -0.15) is 0 Å². The summed E-state index contributed by atoms with van der Waals surface area (Å²) in [5, 5.41) is 1.38. The van der Waals surface area contributed by atoms with Crippen molar-refractivity contribution in [2.45, 2.75) is 64.7 Å². The Morgan fingerprint density at radius 3 is 2.09 bits per heavy atom. The van der Waals surface area contributed by atoms with Gasteiger partial charge in [-0.1, -0.05) is 79.2 Å². The minimum atomic E-state index is -0.490. The van der Waals surface area contributed by atoms with Gasteiger partial charge in [0.2, 0.25) is 0 Å². The van der Waals surface area contributed by atoms with Crippen LogP contribution in [0.2, 0.25) is 0 Å². The Labute approximate surface area is 143 Å². The maximum absolute atomic E-state index is 12.2. The largest absolute Gasteiger partial charge is 0.300 e. The van der Waals surface area contributed by atoms with Crippen LogP contribution in [-0.4, -0.2) is 16.1 Å². The Balaban J connectivity index is 3.48. The number of carbonyl (C=O) groups excluding carboxylic acids is 1. The van der Waals surface area contributed by atoms with Crippen LogP contribution in [0.1, 0.15) is 54.4 Å². The lowest BCUT2D eigenvalue weighted by molar-refractivity contribution is -0.120. The van der Waals surface area contributed by atoms with Crippen molar-refractivity contribution >= 4 is 13.7 Å². The number of allylic oxidation sites excluding steroid dienone is 8. The van der Waals surface area contributed by atoms with E-state index in [9.17, 15) is 4.79 Å². The molecule has 1 nitrogen and oxygen atoms in total. The second kappa shape index (κ2) is 7.58. The van der Waals surface area contributed by atoms with Gasteiger partial charge in [0.05, 0.1) is 0 Å². The lowest BCUT2D eigenvalue weighted by Gasteiger charge is -2.50. The van der Waals surface area contributed by atoms with E-state index in [-0.39, 0.29) is 10.3 Å². The highest BCUT2D eigenvalue weighted by Crippen LogP contribution is 2.70. The van der Waals surface area contributed by atoms with Crippen LogP contribution in [0.5, 0.6) is 0 Å². The first-order chi connectivity index (χ1) is 10.6. The van der Waals surface area contributed by atoms with Crippen molar-refractivity contribution < 1.29 is 4.79 Å². The van der Waals surface area contributed by atoms with Gasteiger partial charge in [0, 0.05) is 12.8 Å². The Bertz CT molecular complexity index is 565. The zero-order chi connectivity index (χ0) is 17.8. The zero-order valence-corrected chi connectivity index (χ0v) is 16.5. The van der Waals surface area contributed by atoms with Crippen molar-refractivity contribution in [1.29, 1.82) is 0 Å². The van der Waals surface area contributed by atoms with Crippen LogP contribution in [0.4, 0.5) is 0 Å². The molecule has 0 spiro atoms. The molecule has 0 amide bonds. The lowest BCUT2D eigenvalue weighted by Crippen LogP contribution is -2.40. The summed E-state index contributed by atoms with van der Waals surface area (Å²) in [4.78, 5) is 12.2. The van der Waals surface area contributed by atoms with Gasteiger partial charge in [0.15, 0.2) is 0 Å².